The van der Waals surface area contributed by atoms with E-state index in [-0.39, 0.29) is 0 Å². The molecule has 0 saturated carbocycles. The smallest absolute Gasteiger partial charge is 0.521 e. The first kappa shape index (κ1) is 56.8. The summed E-state index contributed by atoms with van der Waals surface area (Å²) in [5.74, 6) is 2.50. The lowest BCUT2D eigenvalue weighted by Gasteiger charge is -2.48. The van der Waals surface area contributed by atoms with E-state index in [0.717, 1.165) is 111 Å². The molecule has 0 radical (unpaired) electrons. The fourth-order valence-electron chi connectivity index (χ4n) is 14.4. The Kier molecular flexibility index (Phi) is 15.2. The van der Waals surface area contributed by atoms with Gasteiger partial charge in [-0.2, -0.15) is 0 Å². The van der Waals surface area contributed by atoms with Gasteiger partial charge >= 0.3 is 13.0 Å². The number of hydrogen-bond donors (Lipinski definition) is 0. The van der Waals surface area contributed by atoms with E-state index in [4.69, 9.17) is 9.47 Å². The Hall–Kier alpha value is -11.7. The van der Waals surface area contributed by atoms with Crippen LogP contribution in [-0.4, -0.2) is 48.0 Å². The number of fused-ring (bicyclic) bond motifs is 6. The standard InChI is InChI=1S/C84H64B2N2O4/c1-89-73-57-53-71(54-58-73)87-83-79(65-41-21-7-22-42-65)75(61-33-13-3-14-34-61)78(64-39-19-6-20-40-64)82(68-47-27-10-28-48-68)86(91-83,70-51-31-12-32-52-70)88(72-55-59-74(90-2)60-56-72)84-80(66-43-23-8-24-44-66)76(62-35-15-4-16-36-62)77(63-37-17-5-18-38-63)81(67-45-25-9-26-46-67)85(87,92-84)69-49-29-11-30-50-69/h3-60H,1-2H3/b87-83-,88-84-/t85-,86+. The fraction of sp³-hybridized carbons (Fsp3) is 0.0238. The van der Waals surface area contributed by atoms with Crippen LogP contribution < -0.4 is 20.4 Å². The van der Waals surface area contributed by atoms with Gasteiger partial charge in [0.25, 0.3) is 11.8 Å². The molecule has 3 heterocycles. The molecule has 0 amide bonds. The molecule has 0 aliphatic carbocycles. The SMILES string of the molecule is COc1ccc(/[N+]2=C3/O[B@-](c4ccccc4)(C(c4ccccc4)=C(c4ccccc4)C(c4ccccc4)=C3c3ccccc3)/[N+](c3ccc(OC)cc3)=C3\O[B@@-]2(c2ccccc2)C(c2ccccc2)=C(c2ccccc2)C(c2ccccc2)=C3c2ccccc2)cc1. The summed E-state index contributed by atoms with van der Waals surface area (Å²) in [5.41, 5.74) is 18.4. The maximum absolute atomic E-state index is 9.42. The molecule has 0 spiro atoms. The van der Waals surface area contributed by atoms with Gasteiger partial charge in [0.15, 0.2) is 11.4 Å². The second-order valence-electron chi connectivity index (χ2n) is 23.3. The minimum Gasteiger partial charge on any atom is -0.605 e. The molecule has 0 unspecified atom stereocenters. The van der Waals surface area contributed by atoms with Crippen LogP contribution in [0.5, 0.6) is 11.5 Å². The third-order valence-electron chi connectivity index (χ3n) is 18.2. The van der Waals surface area contributed by atoms with Crippen LogP contribution in [0.15, 0.2) is 352 Å². The summed E-state index contributed by atoms with van der Waals surface area (Å²) in [6.45, 7) is -6.10. The van der Waals surface area contributed by atoms with Gasteiger partial charge in [-0.25, -0.2) is 0 Å². The van der Waals surface area contributed by atoms with Crippen LogP contribution in [0.1, 0.15) is 44.5 Å². The third kappa shape index (κ3) is 9.81. The van der Waals surface area contributed by atoms with E-state index in [1.54, 1.807) is 14.2 Å². The van der Waals surface area contributed by atoms with Gasteiger partial charge in [0.2, 0.25) is 0 Å². The molecule has 2 atom stereocenters. The number of hydrogen-bond acceptors (Lipinski definition) is 4. The van der Waals surface area contributed by atoms with Gasteiger partial charge < -0.3 is 27.8 Å². The van der Waals surface area contributed by atoms with Gasteiger partial charge in [0.1, 0.15) is 11.5 Å². The zero-order valence-electron chi connectivity index (χ0n) is 51.2. The van der Waals surface area contributed by atoms with Gasteiger partial charge in [-0.3, -0.25) is 0 Å². The van der Waals surface area contributed by atoms with Crippen molar-refractivity contribution in [2.45, 2.75) is 0 Å². The summed E-state index contributed by atoms with van der Waals surface area (Å²) in [5, 5.41) is 0. The normalized spacial score (nSPS) is 18.8. The summed E-state index contributed by atoms with van der Waals surface area (Å²) in [7, 11) is 3.44. The summed E-state index contributed by atoms with van der Waals surface area (Å²) in [6, 6.07) is 126. The molecular weight excluding hydrogens is 1120 g/mol. The van der Waals surface area contributed by atoms with Crippen molar-refractivity contribution in [2.75, 3.05) is 14.2 Å². The van der Waals surface area contributed by atoms with E-state index in [1.165, 1.54) is 0 Å². The number of methoxy groups -OCH3 is 2. The Labute approximate surface area is 538 Å². The predicted octanol–water partition coefficient (Wildman–Crippen LogP) is 17.8. The average molecular weight is 1190 g/mol. The van der Waals surface area contributed by atoms with Crippen molar-refractivity contribution in [1.29, 1.82) is 0 Å². The van der Waals surface area contributed by atoms with E-state index >= 15 is 0 Å². The molecule has 12 aromatic rings. The molecule has 0 saturated heterocycles. The first-order valence-corrected chi connectivity index (χ1v) is 31.4. The Morgan fingerprint density at radius 2 is 0.446 bits per heavy atom. The monoisotopic (exact) mass is 1190 g/mol. The average Bonchev–Trinajstić information content (AvgIpc) is 1.43. The van der Waals surface area contributed by atoms with Gasteiger partial charge in [-0.1, -0.05) is 325 Å². The maximum atomic E-state index is 9.42. The van der Waals surface area contributed by atoms with Crippen molar-refractivity contribution in [2.24, 2.45) is 0 Å². The lowest BCUT2D eigenvalue weighted by molar-refractivity contribution is -0.354. The second-order valence-corrected chi connectivity index (χ2v) is 23.3. The van der Waals surface area contributed by atoms with Crippen LogP contribution in [0.25, 0.3) is 44.4 Å². The summed E-state index contributed by atoms with van der Waals surface area (Å²) in [6.07, 6.45) is 0. The largest absolute Gasteiger partial charge is 0.605 e. The van der Waals surface area contributed by atoms with Crippen molar-refractivity contribution >= 4 is 91.4 Å². The van der Waals surface area contributed by atoms with E-state index in [2.05, 4.69) is 361 Å². The Bertz CT molecular complexity index is 4530. The quantitative estimate of drug-likeness (QED) is 0.102. The van der Waals surface area contributed by atoms with E-state index in [9.17, 15) is 9.31 Å². The molecular formula is C84H64B2N2O4. The summed E-state index contributed by atoms with van der Waals surface area (Å²) >= 11 is 0. The molecule has 440 valence electrons. The third-order valence-corrected chi connectivity index (χ3v) is 18.2. The lowest BCUT2D eigenvalue weighted by atomic mass is 9.36. The van der Waals surface area contributed by atoms with Crippen molar-refractivity contribution in [3.05, 3.63) is 396 Å². The molecule has 3 aliphatic rings. The van der Waals surface area contributed by atoms with Crippen molar-refractivity contribution < 1.29 is 27.8 Å². The molecule has 15 rings (SSSR count). The predicted molar refractivity (Wildman–Crippen MR) is 380 cm³/mol. The number of allylic oxidation sites excluding steroid dienone is 4. The van der Waals surface area contributed by atoms with Gasteiger partial charge in [0, 0.05) is 35.4 Å². The molecule has 92 heavy (non-hydrogen) atoms. The highest BCUT2D eigenvalue weighted by molar-refractivity contribution is 7.02. The van der Waals surface area contributed by atoms with Crippen LogP contribution in [0.4, 0.5) is 11.4 Å². The number of nitrogens with zero attached hydrogens (tertiary/aromatic N) is 2. The maximum Gasteiger partial charge on any atom is 0.521 e. The molecule has 6 nitrogen and oxygen atoms in total. The first-order valence-electron chi connectivity index (χ1n) is 31.4. The van der Waals surface area contributed by atoms with Gasteiger partial charge in [0.05, 0.1) is 25.4 Å². The topological polar surface area (TPSA) is 42.9 Å². The first-order chi connectivity index (χ1) is 45.6. The van der Waals surface area contributed by atoms with E-state index in [0.29, 0.717) is 23.3 Å². The Morgan fingerprint density at radius 3 is 0.696 bits per heavy atom. The van der Waals surface area contributed by atoms with Gasteiger partial charge in [-0.05, 0) is 79.9 Å². The van der Waals surface area contributed by atoms with Crippen molar-refractivity contribution in [1.82, 2.24) is 0 Å². The Balaban J connectivity index is 1.37. The van der Waals surface area contributed by atoms with E-state index < -0.39 is 13.0 Å². The van der Waals surface area contributed by atoms with Crippen molar-refractivity contribution in [3.8, 4) is 11.5 Å². The van der Waals surface area contributed by atoms with Crippen LogP contribution in [0.2, 0.25) is 0 Å². The Morgan fingerprint density at radius 1 is 0.228 bits per heavy atom. The van der Waals surface area contributed by atoms with Crippen LogP contribution in [0, 0.1) is 0 Å². The summed E-state index contributed by atoms with van der Waals surface area (Å²) < 4.78 is 36.0. The van der Waals surface area contributed by atoms with E-state index in [1.807, 2.05) is 0 Å². The minimum atomic E-state index is -3.05. The minimum absolute atomic E-state index is 0.551. The van der Waals surface area contributed by atoms with Crippen molar-refractivity contribution in [3.63, 3.8) is 0 Å². The lowest BCUT2D eigenvalue weighted by Crippen LogP contribution is -2.70. The fourth-order valence-corrected chi connectivity index (χ4v) is 14.4. The van der Waals surface area contributed by atoms with Crippen LogP contribution in [-0.2, 0) is 9.31 Å². The molecule has 4 bridgehead atoms. The number of benzene rings is 12. The van der Waals surface area contributed by atoms with Crippen LogP contribution in [0.3, 0.4) is 0 Å². The molecule has 0 N–H and O–H groups in total. The summed E-state index contributed by atoms with van der Waals surface area (Å²) in [4.78, 5) is 0. The molecule has 0 fully saturated rings. The molecule has 0 aromatic heterocycles. The zero-order chi connectivity index (χ0) is 61.9. The molecule has 3 aliphatic heterocycles. The number of rotatable bonds is 14. The highest BCUT2D eigenvalue weighted by Gasteiger charge is 2.63. The van der Waals surface area contributed by atoms with Gasteiger partial charge in [-0.15, -0.1) is 0 Å². The zero-order valence-corrected chi connectivity index (χ0v) is 51.2. The highest BCUT2D eigenvalue weighted by Crippen LogP contribution is 2.56. The number of ether oxygens (including phenoxy) is 2. The van der Waals surface area contributed by atoms with Crippen LogP contribution >= 0.6 is 0 Å². The molecule has 12 aromatic carbocycles. The second kappa shape index (κ2) is 24.7. The highest BCUT2D eigenvalue weighted by atomic mass is 16.5. The molecule has 8 heteroatoms.